The number of carbonyl (C=O) groups excluding carboxylic acids is 1. The second-order valence-electron chi connectivity index (χ2n) is 5.09. The van der Waals surface area contributed by atoms with E-state index < -0.39 is 12.3 Å². The molecule has 2 aliphatic heterocycles. The number of hydrogen-bond donors (Lipinski definition) is 0. The molecule has 1 atom stereocenters. The molecule has 0 radical (unpaired) electrons. The van der Waals surface area contributed by atoms with Gasteiger partial charge in [0.15, 0.2) is 5.11 Å². The summed E-state index contributed by atoms with van der Waals surface area (Å²) in [4.78, 5) is 18.6. The number of halogens is 1. The molecule has 0 spiro atoms. The number of rotatable bonds is 3. The molecular weight excluding hydrogens is 305 g/mol. The number of amides is 1. The number of morpholine rings is 1. The predicted molar refractivity (Wildman–Crippen MR) is 80.0 cm³/mol. The lowest BCUT2D eigenvalue weighted by Gasteiger charge is -2.29. The van der Waals surface area contributed by atoms with Crippen LogP contribution in [-0.4, -0.2) is 52.2 Å². The van der Waals surface area contributed by atoms with E-state index in [1.807, 2.05) is 4.90 Å². The van der Waals surface area contributed by atoms with Crippen LogP contribution in [0.1, 0.15) is 0 Å². The molecule has 0 aliphatic carbocycles. The van der Waals surface area contributed by atoms with Gasteiger partial charge < -0.3 is 14.4 Å². The summed E-state index contributed by atoms with van der Waals surface area (Å²) in [7, 11) is 1.47. The zero-order valence-electron chi connectivity index (χ0n) is 12.7. The van der Waals surface area contributed by atoms with E-state index in [4.69, 9.17) is 9.47 Å². The Kier molecular flexibility index (Phi) is 4.50. The quantitative estimate of drug-likeness (QED) is 0.624. The third-order valence-electron chi connectivity index (χ3n) is 3.66. The fourth-order valence-corrected chi connectivity index (χ4v) is 2.55. The van der Waals surface area contributed by atoms with Crippen molar-refractivity contribution in [2.45, 2.75) is 6.23 Å². The van der Waals surface area contributed by atoms with Gasteiger partial charge in [-0.1, -0.05) is 0 Å². The van der Waals surface area contributed by atoms with E-state index in [0.717, 1.165) is 0 Å². The van der Waals surface area contributed by atoms with Crippen LogP contribution in [0.2, 0.25) is 0 Å². The van der Waals surface area contributed by atoms with Crippen molar-refractivity contribution in [3.63, 3.8) is 0 Å². The molecule has 3 rings (SSSR count). The first-order valence-corrected chi connectivity index (χ1v) is 7.28. The fraction of sp³-hybridized carbons (Fsp3) is 0.500. The van der Waals surface area contributed by atoms with Crippen LogP contribution < -0.4 is 14.7 Å². The van der Waals surface area contributed by atoms with Gasteiger partial charge in [-0.3, -0.25) is 4.90 Å². The Morgan fingerprint density at radius 1 is 1.35 bits per heavy atom. The van der Waals surface area contributed by atoms with Crippen LogP contribution in [0.4, 0.5) is 20.6 Å². The van der Waals surface area contributed by atoms with Crippen LogP contribution in [0.5, 0.6) is 0 Å². The molecule has 9 heteroatoms. The number of hydrogen-bond acceptors (Lipinski definition) is 6. The summed E-state index contributed by atoms with van der Waals surface area (Å²) < 4.78 is 24.7. The summed E-state index contributed by atoms with van der Waals surface area (Å²) in [5, 5.41) is 7.21. The van der Waals surface area contributed by atoms with Crippen LogP contribution in [0.15, 0.2) is 28.4 Å². The zero-order chi connectivity index (χ0) is 16.2. The van der Waals surface area contributed by atoms with E-state index in [9.17, 15) is 9.18 Å². The molecule has 1 unspecified atom stereocenters. The minimum atomic E-state index is -0.729. The fourth-order valence-electron chi connectivity index (χ4n) is 2.55. The molecule has 1 aromatic rings. The van der Waals surface area contributed by atoms with Gasteiger partial charge >= 0.3 is 6.09 Å². The SMILES string of the molecule is CN=[N+]=NC1CN(c2ccc(N3CCOCC3)c(F)c2)C(=O)O1. The molecule has 0 bridgehead atoms. The Balaban J connectivity index is 1.77. The van der Waals surface area contributed by atoms with Gasteiger partial charge in [0.2, 0.25) is 4.91 Å². The van der Waals surface area contributed by atoms with Crippen molar-refractivity contribution in [2.24, 2.45) is 10.2 Å². The Bertz CT molecular complexity index is 656. The van der Waals surface area contributed by atoms with Crippen molar-refractivity contribution in [3.05, 3.63) is 24.0 Å². The highest BCUT2D eigenvalue weighted by atomic mass is 19.1. The lowest BCUT2D eigenvalue weighted by Crippen LogP contribution is -2.36. The van der Waals surface area contributed by atoms with Gasteiger partial charge in [-0.25, -0.2) is 9.18 Å². The molecule has 2 saturated heterocycles. The van der Waals surface area contributed by atoms with Gasteiger partial charge in [0.1, 0.15) is 18.0 Å². The first-order chi connectivity index (χ1) is 11.2. The summed E-state index contributed by atoms with van der Waals surface area (Å²) in [5.74, 6) is -0.383. The third kappa shape index (κ3) is 3.30. The lowest BCUT2D eigenvalue weighted by molar-refractivity contribution is 0.122. The van der Waals surface area contributed by atoms with Crippen molar-refractivity contribution in [2.75, 3.05) is 49.7 Å². The molecule has 122 valence electrons. The monoisotopic (exact) mass is 322 g/mol. The largest absolute Gasteiger partial charge is 0.416 e. The Morgan fingerprint density at radius 3 is 2.83 bits per heavy atom. The average molecular weight is 322 g/mol. The Labute approximate surface area is 132 Å². The number of nitrogens with zero attached hydrogens (tertiary/aromatic N) is 5. The average Bonchev–Trinajstić information content (AvgIpc) is 2.94. The normalized spacial score (nSPS) is 21.0. The van der Waals surface area contributed by atoms with Gasteiger partial charge in [0.05, 0.1) is 31.1 Å². The molecular formula is C14H17FN5O3+. The van der Waals surface area contributed by atoms with Crippen LogP contribution in [-0.2, 0) is 9.47 Å². The van der Waals surface area contributed by atoms with Gasteiger partial charge in [0.25, 0.3) is 6.23 Å². The highest BCUT2D eigenvalue weighted by Gasteiger charge is 2.35. The number of carbonyl (C=O) groups is 1. The second-order valence-corrected chi connectivity index (χ2v) is 5.09. The molecule has 1 amide bonds. The standard InChI is InChI=1S/C14H17FN5O3/c1-16-18-17-13-9-20(14(21)23-13)10-2-3-12(11(15)8-10)19-4-6-22-7-5-19/h2-3,8,13H,4-7,9H2,1H3/q+1. The van der Waals surface area contributed by atoms with Crippen molar-refractivity contribution < 1.29 is 18.7 Å². The van der Waals surface area contributed by atoms with Gasteiger partial charge in [-0.05, 0) is 18.2 Å². The van der Waals surface area contributed by atoms with E-state index >= 15 is 0 Å². The summed E-state index contributed by atoms with van der Waals surface area (Å²) in [6, 6.07) is 4.69. The lowest BCUT2D eigenvalue weighted by atomic mass is 10.2. The molecule has 23 heavy (non-hydrogen) atoms. The Hall–Kier alpha value is -2.51. The minimum absolute atomic E-state index is 0.175. The molecule has 0 saturated carbocycles. The van der Waals surface area contributed by atoms with Crippen LogP contribution in [0, 0.1) is 5.82 Å². The number of cyclic esters (lactones) is 1. The van der Waals surface area contributed by atoms with Crippen LogP contribution in [0.25, 0.3) is 0 Å². The molecule has 0 aromatic heterocycles. The first-order valence-electron chi connectivity index (χ1n) is 7.28. The van der Waals surface area contributed by atoms with Gasteiger partial charge in [-0.15, -0.1) is 0 Å². The highest BCUT2D eigenvalue weighted by molar-refractivity contribution is 5.90. The molecule has 2 aliphatic rings. The number of anilines is 2. The van der Waals surface area contributed by atoms with Crippen molar-refractivity contribution >= 4 is 17.5 Å². The zero-order valence-corrected chi connectivity index (χ0v) is 12.7. The van der Waals surface area contributed by atoms with Gasteiger partial charge in [0, 0.05) is 13.1 Å². The van der Waals surface area contributed by atoms with Crippen molar-refractivity contribution in [1.82, 2.24) is 4.91 Å². The van der Waals surface area contributed by atoms with Crippen LogP contribution >= 0.6 is 0 Å². The highest BCUT2D eigenvalue weighted by Crippen LogP contribution is 2.28. The number of benzene rings is 1. The number of ether oxygens (including phenoxy) is 2. The topological polar surface area (TPSA) is 80.8 Å². The first kappa shape index (κ1) is 15.4. The maximum absolute atomic E-state index is 14.4. The minimum Gasteiger partial charge on any atom is -0.414 e. The second kappa shape index (κ2) is 6.72. The third-order valence-corrected chi connectivity index (χ3v) is 3.66. The summed E-state index contributed by atoms with van der Waals surface area (Å²) >= 11 is 0. The van der Waals surface area contributed by atoms with E-state index in [2.05, 4.69) is 15.1 Å². The van der Waals surface area contributed by atoms with Crippen LogP contribution in [0.3, 0.4) is 0 Å². The van der Waals surface area contributed by atoms with E-state index in [-0.39, 0.29) is 12.4 Å². The van der Waals surface area contributed by atoms with E-state index in [0.29, 0.717) is 37.7 Å². The van der Waals surface area contributed by atoms with E-state index in [1.54, 1.807) is 12.1 Å². The predicted octanol–water partition coefficient (Wildman–Crippen LogP) is 1.55. The molecule has 2 fully saturated rings. The van der Waals surface area contributed by atoms with Crippen molar-refractivity contribution in [1.29, 1.82) is 0 Å². The molecule has 0 N–H and O–H groups in total. The summed E-state index contributed by atoms with van der Waals surface area (Å²) in [6.07, 6.45) is -1.31. The molecule has 1 aromatic carbocycles. The van der Waals surface area contributed by atoms with E-state index in [1.165, 1.54) is 18.0 Å². The van der Waals surface area contributed by atoms with Crippen molar-refractivity contribution in [3.8, 4) is 0 Å². The summed E-state index contributed by atoms with van der Waals surface area (Å²) in [6.45, 7) is 2.62. The van der Waals surface area contributed by atoms with Gasteiger partial charge in [-0.2, -0.15) is 0 Å². The maximum atomic E-state index is 14.4. The smallest absolute Gasteiger partial charge is 0.414 e. The maximum Gasteiger partial charge on any atom is 0.416 e. The molecule has 2 heterocycles. The molecule has 8 nitrogen and oxygen atoms in total. The summed E-state index contributed by atoms with van der Waals surface area (Å²) in [5.41, 5.74) is 0.932. The Morgan fingerprint density at radius 2 is 2.13 bits per heavy atom.